The Morgan fingerprint density at radius 3 is 2.71 bits per heavy atom. The van der Waals surface area contributed by atoms with Crippen molar-refractivity contribution in [2.75, 3.05) is 5.32 Å². The van der Waals surface area contributed by atoms with E-state index in [9.17, 15) is 14.3 Å². The number of hydrogen-bond acceptors (Lipinski definition) is 5. The number of anilines is 1. The normalized spacial score (nSPS) is 27.8. The molecule has 0 spiro atoms. The number of carbonyl (C=O) groups is 1. The van der Waals surface area contributed by atoms with Crippen molar-refractivity contribution < 1.29 is 14.3 Å². The molecule has 1 aliphatic rings. The second-order valence-corrected chi connectivity index (χ2v) is 5.39. The molecule has 2 aromatic rings. The molecule has 0 radical (unpaired) electrons. The van der Waals surface area contributed by atoms with Crippen molar-refractivity contribution >= 4 is 11.7 Å². The topological polar surface area (TPSA) is 80.0 Å². The first-order chi connectivity index (χ1) is 9.90. The Kier molecular flexibility index (Phi) is 3.02. The van der Waals surface area contributed by atoms with E-state index in [0.29, 0.717) is 11.5 Å². The summed E-state index contributed by atoms with van der Waals surface area (Å²) in [4.78, 5) is 16.1. The molecule has 0 saturated carbocycles. The van der Waals surface area contributed by atoms with Crippen LogP contribution in [0.25, 0.3) is 0 Å². The van der Waals surface area contributed by atoms with Crippen LogP contribution in [0.4, 0.5) is 10.3 Å². The molecule has 110 valence electrons. The minimum atomic E-state index is -1.46. The maximum absolute atomic E-state index is 13.1. The number of ketones is 1. The summed E-state index contributed by atoms with van der Waals surface area (Å²) >= 11 is 0. The van der Waals surface area contributed by atoms with Gasteiger partial charge in [0.05, 0.1) is 12.0 Å². The van der Waals surface area contributed by atoms with E-state index in [2.05, 4.69) is 15.4 Å². The van der Waals surface area contributed by atoms with Crippen LogP contribution in [0.3, 0.4) is 0 Å². The molecule has 3 rings (SSSR count). The van der Waals surface area contributed by atoms with Crippen molar-refractivity contribution in [3.8, 4) is 0 Å². The van der Waals surface area contributed by atoms with Gasteiger partial charge < -0.3 is 10.4 Å². The van der Waals surface area contributed by atoms with Crippen molar-refractivity contribution in [1.82, 2.24) is 14.8 Å². The number of carbonyl (C=O) groups excluding carboxylic acids is 1. The predicted octanol–water partition coefficient (Wildman–Crippen LogP) is 1.35. The summed E-state index contributed by atoms with van der Waals surface area (Å²) in [5, 5.41) is 17.5. The van der Waals surface area contributed by atoms with Gasteiger partial charge in [0.15, 0.2) is 0 Å². The van der Waals surface area contributed by atoms with E-state index in [0.717, 1.165) is 0 Å². The average molecular weight is 290 g/mol. The van der Waals surface area contributed by atoms with Crippen molar-refractivity contribution in [1.29, 1.82) is 0 Å². The van der Waals surface area contributed by atoms with E-state index in [-0.39, 0.29) is 11.6 Å². The van der Waals surface area contributed by atoms with Gasteiger partial charge in [-0.15, -0.1) is 0 Å². The summed E-state index contributed by atoms with van der Waals surface area (Å²) in [6, 6.07) is 5.27. The fourth-order valence-corrected chi connectivity index (χ4v) is 2.91. The van der Waals surface area contributed by atoms with Gasteiger partial charge in [-0.1, -0.05) is 12.1 Å². The molecule has 1 aliphatic heterocycles. The molecule has 1 aromatic heterocycles. The number of hydrogen-bond donors (Lipinski definition) is 2. The van der Waals surface area contributed by atoms with Gasteiger partial charge in [-0.25, -0.2) is 9.07 Å². The summed E-state index contributed by atoms with van der Waals surface area (Å²) in [6.45, 7) is 2.94. The Morgan fingerprint density at radius 1 is 1.43 bits per heavy atom. The molecule has 7 heteroatoms. The number of benzene rings is 1. The standard InChI is InChI=1S/C14H15FN4O2/c1-8(20)11-12(9-3-5-10(15)6-4-9)19-13(16-7-17-19)18-14(11,2)21/h3-7,11-12,21H,1-2H3,(H,16,17,18)/t11-,12-,14-/m0/s1. The molecular weight excluding hydrogens is 275 g/mol. The van der Waals surface area contributed by atoms with Gasteiger partial charge in [-0.05, 0) is 31.5 Å². The van der Waals surface area contributed by atoms with E-state index < -0.39 is 17.7 Å². The Labute approximate surface area is 120 Å². The molecule has 0 aliphatic carbocycles. The molecule has 3 atom stereocenters. The number of halogens is 1. The summed E-state index contributed by atoms with van der Waals surface area (Å²) in [6.07, 6.45) is 1.34. The third-order valence-corrected chi connectivity index (χ3v) is 3.77. The van der Waals surface area contributed by atoms with Crippen LogP contribution in [0.1, 0.15) is 25.5 Å². The number of aromatic nitrogens is 3. The van der Waals surface area contributed by atoms with Gasteiger partial charge in [-0.3, -0.25) is 4.79 Å². The highest BCUT2D eigenvalue weighted by Crippen LogP contribution is 2.40. The van der Waals surface area contributed by atoms with Crippen molar-refractivity contribution in [3.63, 3.8) is 0 Å². The lowest BCUT2D eigenvalue weighted by molar-refractivity contribution is -0.130. The molecule has 21 heavy (non-hydrogen) atoms. The first kappa shape index (κ1) is 13.7. The van der Waals surface area contributed by atoms with Gasteiger partial charge in [-0.2, -0.15) is 10.1 Å². The first-order valence-electron chi connectivity index (χ1n) is 6.56. The Hall–Kier alpha value is -2.28. The highest BCUT2D eigenvalue weighted by molar-refractivity contribution is 5.81. The zero-order valence-electron chi connectivity index (χ0n) is 11.6. The highest BCUT2D eigenvalue weighted by atomic mass is 19.1. The number of nitrogens with one attached hydrogen (secondary N) is 1. The summed E-state index contributed by atoms with van der Waals surface area (Å²) in [5.74, 6) is -0.954. The smallest absolute Gasteiger partial charge is 0.223 e. The predicted molar refractivity (Wildman–Crippen MR) is 73.0 cm³/mol. The van der Waals surface area contributed by atoms with E-state index in [1.165, 1.54) is 37.0 Å². The average Bonchev–Trinajstić information content (AvgIpc) is 2.84. The molecule has 0 bridgehead atoms. The molecule has 0 unspecified atom stereocenters. The summed E-state index contributed by atoms with van der Waals surface area (Å²) in [5.41, 5.74) is -0.779. The summed E-state index contributed by atoms with van der Waals surface area (Å²) in [7, 11) is 0. The maximum Gasteiger partial charge on any atom is 0.223 e. The van der Waals surface area contributed by atoms with Crippen LogP contribution in [0.15, 0.2) is 30.6 Å². The lowest BCUT2D eigenvalue weighted by atomic mass is 9.81. The third kappa shape index (κ3) is 2.19. The second kappa shape index (κ2) is 4.63. The molecule has 2 heterocycles. The van der Waals surface area contributed by atoms with Crippen LogP contribution >= 0.6 is 0 Å². The molecule has 0 fully saturated rings. The minimum absolute atomic E-state index is 0.192. The minimum Gasteiger partial charge on any atom is -0.370 e. The fraction of sp³-hybridized carbons (Fsp3) is 0.357. The van der Waals surface area contributed by atoms with Crippen LogP contribution in [0.2, 0.25) is 0 Å². The molecule has 1 aromatic carbocycles. The third-order valence-electron chi connectivity index (χ3n) is 3.77. The fourth-order valence-electron chi connectivity index (χ4n) is 2.91. The highest BCUT2D eigenvalue weighted by Gasteiger charge is 2.48. The number of fused-ring (bicyclic) bond motifs is 1. The quantitative estimate of drug-likeness (QED) is 0.872. The number of rotatable bonds is 2. The lowest BCUT2D eigenvalue weighted by Gasteiger charge is -2.42. The van der Waals surface area contributed by atoms with Crippen molar-refractivity contribution in [3.05, 3.63) is 42.0 Å². The lowest BCUT2D eigenvalue weighted by Crippen LogP contribution is -2.54. The zero-order chi connectivity index (χ0) is 15.2. The van der Waals surface area contributed by atoms with E-state index >= 15 is 0 Å². The van der Waals surface area contributed by atoms with Crippen LogP contribution < -0.4 is 5.32 Å². The number of Topliss-reactive ketones (excluding diaryl/α,β-unsaturated/α-hetero) is 1. The van der Waals surface area contributed by atoms with Gasteiger partial charge in [0, 0.05) is 0 Å². The van der Waals surface area contributed by atoms with Crippen LogP contribution in [0, 0.1) is 11.7 Å². The van der Waals surface area contributed by atoms with Gasteiger partial charge in [0.2, 0.25) is 5.95 Å². The SMILES string of the molecule is CC(=O)[C@H]1[C@H](c2ccc(F)cc2)n2ncnc2N[C@@]1(C)O. The molecule has 2 N–H and O–H groups in total. The number of nitrogens with zero attached hydrogens (tertiary/aromatic N) is 3. The van der Waals surface area contributed by atoms with Crippen molar-refractivity contribution in [2.24, 2.45) is 5.92 Å². The molecule has 6 nitrogen and oxygen atoms in total. The maximum atomic E-state index is 13.1. The molecule has 0 amide bonds. The summed E-state index contributed by atoms with van der Waals surface area (Å²) < 4.78 is 14.7. The van der Waals surface area contributed by atoms with Gasteiger partial charge in [0.25, 0.3) is 0 Å². The Bertz CT molecular complexity index is 681. The first-order valence-corrected chi connectivity index (χ1v) is 6.56. The van der Waals surface area contributed by atoms with E-state index in [1.807, 2.05) is 0 Å². The second-order valence-electron chi connectivity index (χ2n) is 5.39. The Balaban J connectivity index is 2.18. The van der Waals surface area contributed by atoms with E-state index in [4.69, 9.17) is 0 Å². The zero-order valence-corrected chi connectivity index (χ0v) is 11.6. The van der Waals surface area contributed by atoms with Crippen LogP contribution in [-0.4, -0.2) is 31.4 Å². The van der Waals surface area contributed by atoms with Gasteiger partial charge in [0.1, 0.15) is 23.7 Å². The molecule has 0 saturated heterocycles. The van der Waals surface area contributed by atoms with Gasteiger partial charge >= 0.3 is 0 Å². The monoisotopic (exact) mass is 290 g/mol. The largest absolute Gasteiger partial charge is 0.370 e. The number of aliphatic hydroxyl groups is 1. The Morgan fingerprint density at radius 2 is 2.10 bits per heavy atom. The van der Waals surface area contributed by atoms with Crippen LogP contribution in [-0.2, 0) is 4.79 Å². The molecular formula is C14H15FN4O2. The van der Waals surface area contributed by atoms with Crippen molar-refractivity contribution in [2.45, 2.75) is 25.6 Å². The van der Waals surface area contributed by atoms with E-state index in [1.54, 1.807) is 12.1 Å². The van der Waals surface area contributed by atoms with Crippen LogP contribution in [0.5, 0.6) is 0 Å².